The summed E-state index contributed by atoms with van der Waals surface area (Å²) in [6, 6.07) is 9.84. The number of benzene rings is 1. The van der Waals surface area contributed by atoms with Crippen LogP contribution in [0.25, 0.3) is 22.5 Å². The number of carboxylic acids is 1. The van der Waals surface area contributed by atoms with E-state index in [1.807, 2.05) is 0 Å². The van der Waals surface area contributed by atoms with Gasteiger partial charge in [-0.2, -0.15) is 13.2 Å². The van der Waals surface area contributed by atoms with Crippen LogP contribution in [0.1, 0.15) is 16.1 Å². The number of phenols is 1. The SMILES string of the molecule is O=C(O)C(F)(F)F.O=C1NCCc2[nH]c(-c3cc(-c4ccc(O)cc4)ncc3F)cc21. The molecule has 0 fully saturated rings. The number of rotatable bonds is 2. The highest BCUT2D eigenvalue weighted by Gasteiger charge is 2.38. The quantitative estimate of drug-likeness (QED) is 0.458. The Morgan fingerprint density at radius 1 is 1.10 bits per heavy atom. The topological polar surface area (TPSA) is 115 Å². The smallest absolute Gasteiger partial charge is 0.490 e. The Hall–Kier alpha value is -3.89. The molecule has 1 aliphatic rings. The maximum Gasteiger partial charge on any atom is 0.490 e. The van der Waals surface area contributed by atoms with Gasteiger partial charge in [0.2, 0.25) is 0 Å². The van der Waals surface area contributed by atoms with Crippen molar-refractivity contribution in [3.63, 3.8) is 0 Å². The highest BCUT2D eigenvalue weighted by molar-refractivity contribution is 5.97. The van der Waals surface area contributed by atoms with E-state index in [0.29, 0.717) is 35.5 Å². The van der Waals surface area contributed by atoms with Crippen LogP contribution >= 0.6 is 0 Å². The molecule has 0 saturated heterocycles. The summed E-state index contributed by atoms with van der Waals surface area (Å²) < 4.78 is 46.0. The zero-order chi connectivity index (χ0) is 22.8. The van der Waals surface area contributed by atoms with Crippen LogP contribution in [-0.4, -0.2) is 44.8 Å². The normalized spacial score (nSPS) is 13.0. The van der Waals surface area contributed by atoms with Gasteiger partial charge in [-0.15, -0.1) is 0 Å². The monoisotopic (exact) mass is 437 g/mol. The molecule has 3 aromatic rings. The standard InChI is InChI=1S/C18H14FN3O2.C2HF3O2/c19-14-9-21-16(10-1-3-11(23)4-2-10)7-12(14)17-8-13-15(22-17)5-6-20-18(13)24;3-2(4,5)1(6)7/h1-4,7-9,22-23H,5-6H2,(H,20,24);(H,6,7). The summed E-state index contributed by atoms with van der Waals surface area (Å²) >= 11 is 0. The second-order valence-corrected chi connectivity index (χ2v) is 6.48. The predicted molar refractivity (Wildman–Crippen MR) is 101 cm³/mol. The molecule has 0 aliphatic carbocycles. The highest BCUT2D eigenvalue weighted by Crippen LogP contribution is 2.29. The number of nitrogens with zero attached hydrogens (tertiary/aromatic N) is 1. The van der Waals surface area contributed by atoms with Gasteiger partial charge in [0.25, 0.3) is 5.91 Å². The number of aromatic nitrogens is 2. The largest absolute Gasteiger partial charge is 0.508 e. The maximum absolute atomic E-state index is 14.3. The van der Waals surface area contributed by atoms with E-state index in [-0.39, 0.29) is 11.7 Å². The lowest BCUT2D eigenvalue weighted by Crippen LogP contribution is -2.31. The fourth-order valence-electron chi connectivity index (χ4n) is 2.87. The van der Waals surface area contributed by atoms with Crippen molar-refractivity contribution in [1.29, 1.82) is 0 Å². The van der Waals surface area contributed by atoms with Gasteiger partial charge < -0.3 is 20.5 Å². The highest BCUT2D eigenvalue weighted by atomic mass is 19.4. The molecule has 4 rings (SSSR count). The molecule has 7 nitrogen and oxygen atoms in total. The van der Waals surface area contributed by atoms with Gasteiger partial charge in [-0.25, -0.2) is 9.18 Å². The Morgan fingerprint density at radius 3 is 2.32 bits per heavy atom. The first-order chi connectivity index (χ1) is 14.6. The molecule has 0 atom stereocenters. The number of amides is 1. The maximum atomic E-state index is 14.3. The number of pyridine rings is 1. The van der Waals surface area contributed by atoms with Gasteiger partial charge in [0.05, 0.1) is 17.5 Å². The van der Waals surface area contributed by atoms with E-state index in [2.05, 4.69) is 15.3 Å². The minimum absolute atomic E-state index is 0.146. The lowest BCUT2D eigenvalue weighted by molar-refractivity contribution is -0.192. The van der Waals surface area contributed by atoms with Crippen LogP contribution in [0, 0.1) is 5.82 Å². The molecule has 0 saturated carbocycles. The molecule has 1 aromatic carbocycles. The second-order valence-electron chi connectivity index (χ2n) is 6.48. The van der Waals surface area contributed by atoms with Crippen LogP contribution in [-0.2, 0) is 11.2 Å². The van der Waals surface area contributed by atoms with Crippen molar-refractivity contribution in [2.45, 2.75) is 12.6 Å². The lowest BCUT2D eigenvalue weighted by atomic mass is 10.1. The van der Waals surface area contributed by atoms with E-state index >= 15 is 0 Å². The molecule has 3 heterocycles. The molecular weight excluding hydrogens is 422 g/mol. The van der Waals surface area contributed by atoms with E-state index in [9.17, 15) is 27.5 Å². The summed E-state index contributed by atoms with van der Waals surface area (Å²) in [7, 11) is 0. The Morgan fingerprint density at radius 2 is 1.74 bits per heavy atom. The number of hydrogen-bond donors (Lipinski definition) is 4. The molecule has 1 aliphatic heterocycles. The number of phenolic OH excluding ortho intramolecular Hbond substituents is 1. The van der Waals surface area contributed by atoms with Crippen molar-refractivity contribution in [3.05, 3.63) is 59.7 Å². The Balaban J connectivity index is 0.000000339. The summed E-state index contributed by atoms with van der Waals surface area (Å²) in [5.74, 6) is -3.21. The summed E-state index contributed by atoms with van der Waals surface area (Å²) in [5, 5.41) is 19.3. The summed E-state index contributed by atoms with van der Waals surface area (Å²) in [5.41, 5.74) is 3.63. The van der Waals surface area contributed by atoms with Gasteiger partial charge in [0.15, 0.2) is 5.82 Å². The molecule has 0 bridgehead atoms. The first-order valence-electron chi connectivity index (χ1n) is 8.82. The third kappa shape index (κ3) is 5.00. The van der Waals surface area contributed by atoms with Crippen LogP contribution in [0.4, 0.5) is 17.6 Å². The van der Waals surface area contributed by atoms with Gasteiger partial charge in [0.1, 0.15) is 5.75 Å². The minimum atomic E-state index is -5.08. The molecule has 1 amide bonds. The van der Waals surface area contributed by atoms with Gasteiger partial charge in [-0.05, 0) is 36.4 Å². The van der Waals surface area contributed by atoms with Crippen LogP contribution in [0.3, 0.4) is 0 Å². The molecular formula is C20H15F4N3O4. The number of H-pyrrole nitrogens is 1. The molecule has 2 aromatic heterocycles. The number of alkyl halides is 3. The Bertz CT molecular complexity index is 1120. The first kappa shape index (κ1) is 21.8. The third-order valence-corrected chi connectivity index (χ3v) is 4.36. The average molecular weight is 437 g/mol. The fourth-order valence-corrected chi connectivity index (χ4v) is 2.87. The first-order valence-corrected chi connectivity index (χ1v) is 8.82. The number of carboxylic acid groups (broad SMARTS) is 1. The van der Waals surface area contributed by atoms with E-state index in [1.54, 1.807) is 36.4 Å². The van der Waals surface area contributed by atoms with Crippen LogP contribution < -0.4 is 5.32 Å². The van der Waals surface area contributed by atoms with E-state index in [0.717, 1.165) is 17.5 Å². The van der Waals surface area contributed by atoms with Gasteiger partial charge >= 0.3 is 12.1 Å². The Labute approximate surface area is 172 Å². The van der Waals surface area contributed by atoms with Crippen molar-refractivity contribution in [1.82, 2.24) is 15.3 Å². The summed E-state index contributed by atoms with van der Waals surface area (Å²) in [4.78, 5) is 28.0. The van der Waals surface area contributed by atoms with Crippen molar-refractivity contribution < 1.29 is 37.4 Å². The third-order valence-electron chi connectivity index (χ3n) is 4.36. The van der Waals surface area contributed by atoms with Crippen molar-refractivity contribution in [2.75, 3.05) is 6.54 Å². The molecule has 11 heteroatoms. The van der Waals surface area contributed by atoms with Crippen molar-refractivity contribution in [2.24, 2.45) is 0 Å². The summed E-state index contributed by atoms with van der Waals surface area (Å²) in [6.45, 7) is 0.573. The van der Waals surface area contributed by atoms with Gasteiger partial charge in [0, 0.05) is 35.5 Å². The zero-order valence-electron chi connectivity index (χ0n) is 15.6. The molecule has 4 N–H and O–H groups in total. The van der Waals surface area contributed by atoms with Crippen LogP contribution in [0.5, 0.6) is 5.75 Å². The fraction of sp³-hybridized carbons (Fsp3) is 0.150. The van der Waals surface area contributed by atoms with Crippen molar-refractivity contribution >= 4 is 11.9 Å². The number of aromatic hydroxyl groups is 1. The van der Waals surface area contributed by atoms with Crippen LogP contribution in [0.15, 0.2) is 42.6 Å². The second kappa shape index (κ2) is 8.46. The number of carbonyl (C=O) groups is 2. The van der Waals surface area contributed by atoms with Gasteiger partial charge in [-0.3, -0.25) is 9.78 Å². The van der Waals surface area contributed by atoms with E-state index < -0.39 is 18.0 Å². The number of nitrogens with one attached hydrogen (secondary N) is 2. The molecule has 0 spiro atoms. The molecule has 0 radical (unpaired) electrons. The molecule has 0 unspecified atom stereocenters. The van der Waals surface area contributed by atoms with Gasteiger partial charge in [-0.1, -0.05) is 0 Å². The molecule has 31 heavy (non-hydrogen) atoms. The minimum Gasteiger partial charge on any atom is -0.508 e. The lowest BCUT2D eigenvalue weighted by Gasteiger charge is -2.11. The van der Waals surface area contributed by atoms with E-state index in [4.69, 9.17) is 9.90 Å². The predicted octanol–water partition coefficient (Wildman–Crippen LogP) is 3.51. The number of carbonyl (C=O) groups excluding carboxylic acids is 1. The molecule has 162 valence electrons. The average Bonchev–Trinajstić information content (AvgIpc) is 3.14. The van der Waals surface area contributed by atoms with Crippen molar-refractivity contribution in [3.8, 4) is 28.3 Å². The number of hydrogen-bond acceptors (Lipinski definition) is 4. The number of fused-ring (bicyclic) bond motifs is 1. The number of halogens is 4. The van der Waals surface area contributed by atoms with E-state index in [1.165, 1.54) is 0 Å². The van der Waals surface area contributed by atoms with Crippen LogP contribution in [0.2, 0.25) is 0 Å². The zero-order valence-corrected chi connectivity index (χ0v) is 15.6. The Kier molecular flexibility index (Phi) is 5.95. The number of aromatic amines is 1. The number of aliphatic carboxylic acids is 1. The summed E-state index contributed by atoms with van der Waals surface area (Å²) in [6.07, 6.45) is -3.23.